The van der Waals surface area contributed by atoms with Gasteiger partial charge in [0.1, 0.15) is 0 Å². The number of rotatable bonds is 7. The van der Waals surface area contributed by atoms with Crippen molar-refractivity contribution in [3.05, 3.63) is 29.8 Å². The number of benzene rings is 1. The molecule has 0 fully saturated rings. The van der Waals surface area contributed by atoms with Crippen LogP contribution >= 0.6 is 0 Å². The molecule has 0 spiro atoms. The van der Waals surface area contributed by atoms with Crippen molar-refractivity contribution in [1.29, 1.82) is 0 Å². The maximum Gasteiger partial charge on any atom is 0.234 e. The molecule has 1 atom stereocenters. The average Bonchev–Trinajstić information content (AvgIpc) is 2.39. The lowest BCUT2D eigenvalue weighted by Crippen LogP contribution is -2.44. The lowest BCUT2D eigenvalue weighted by molar-refractivity contribution is -0.123. The minimum Gasteiger partial charge on any atom is -0.398 e. The minimum atomic E-state index is 0.0689. The second-order valence-electron chi connectivity index (χ2n) is 6.30. The Kier molecular flexibility index (Phi) is 6.69. The maximum atomic E-state index is 12.2. The standard InChI is InChI=1S/C17H29N3O/c1-12(2)14(5)19-17(21)11-20(13(3)4)10-15-8-6-7-9-16(15)18/h6-9,12-14H,10-11,18H2,1-5H3,(H,19,21). The molecule has 0 aliphatic rings. The van der Waals surface area contributed by atoms with Gasteiger partial charge in [-0.25, -0.2) is 0 Å². The molecule has 0 aromatic heterocycles. The Morgan fingerprint density at radius 2 is 1.81 bits per heavy atom. The summed E-state index contributed by atoms with van der Waals surface area (Å²) in [5.41, 5.74) is 7.84. The van der Waals surface area contributed by atoms with E-state index in [2.05, 4.69) is 37.9 Å². The first-order chi connectivity index (χ1) is 9.81. The summed E-state index contributed by atoms with van der Waals surface area (Å²) in [6, 6.07) is 8.28. The van der Waals surface area contributed by atoms with E-state index in [0.717, 1.165) is 11.3 Å². The van der Waals surface area contributed by atoms with Gasteiger partial charge in [-0.05, 0) is 38.3 Å². The molecule has 0 radical (unpaired) electrons. The van der Waals surface area contributed by atoms with Gasteiger partial charge in [0, 0.05) is 24.3 Å². The molecule has 0 heterocycles. The van der Waals surface area contributed by atoms with Gasteiger partial charge < -0.3 is 11.1 Å². The number of para-hydroxylation sites is 1. The molecule has 0 bridgehead atoms. The van der Waals surface area contributed by atoms with E-state index in [-0.39, 0.29) is 18.0 Å². The molecule has 1 unspecified atom stereocenters. The van der Waals surface area contributed by atoms with Gasteiger partial charge in [0.2, 0.25) is 5.91 Å². The molecule has 1 amide bonds. The van der Waals surface area contributed by atoms with Gasteiger partial charge in [-0.15, -0.1) is 0 Å². The monoisotopic (exact) mass is 291 g/mol. The van der Waals surface area contributed by atoms with Crippen molar-refractivity contribution in [2.45, 2.75) is 53.2 Å². The Bertz CT molecular complexity index is 457. The molecule has 1 rings (SSSR count). The summed E-state index contributed by atoms with van der Waals surface area (Å²) in [5, 5.41) is 3.05. The number of hydrogen-bond donors (Lipinski definition) is 2. The Balaban J connectivity index is 2.66. The number of amides is 1. The number of carbonyl (C=O) groups is 1. The molecule has 0 aliphatic heterocycles. The van der Waals surface area contributed by atoms with Crippen LogP contribution in [-0.4, -0.2) is 29.4 Å². The highest BCUT2D eigenvalue weighted by molar-refractivity contribution is 5.78. The van der Waals surface area contributed by atoms with Gasteiger partial charge >= 0.3 is 0 Å². The van der Waals surface area contributed by atoms with Gasteiger partial charge in [-0.1, -0.05) is 32.0 Å². The van der Waals surface area contributed by atoms with E-state index in [0.29, 0.717) is 19.0 Å². The van der Waals surface area contributed by atoms with E-state index in [1.165, 1.54) is 0 Å². The van der Waals surface area contributed by atoms with Crippen LogP contribution in [0.3, 0.4) is 0 Å². The first kappa shape index (κ1) is 17.5. The highest BCUT2D eigenvalue weighted by atomic mass is 16.2. The minimum absolute atomic E-state index is 0.0689. The van der Waals surface area contributed by atoms with Crippen LogP contribution in [0.4, 0.5) is 5.69 Å². The van der Waals surface area contributed by atoms with Gasteiger partial charge in [0.25, 0.3) is 0 Å². The molecular formula is C17H29N3O. The van der Waals surface area contributed by atoms with Gasteiger partial charge in [-0.2, -0.15) is 0 Å². The van der Waals surface area contributed by atoms with Crippen LogP contribution in [0.15, 0.2) is 24.3 Å². The third-order valence-corrected chi connectivity index (χ3v) is 3.89. The van der Waals surface area contributed by atoms with Crippen LogP contribution in [0, 0.1) is 5.92 Å². The van der Waals surface area contributed by atoms with E-state index in [4.69, 9.17) is 5.73 Å². The van der Waals surface area contributed by atoms with Crippen molar-refractivity contribution in [3.8, 4) is 0 Å². The third-order valence-electron chi connectivity index (χ3n) is 3.89. The molecule has 0 aliphatic carbocycles. The van der Waals surface area contributed by atoms with E-state index < -0.39 is 0 Å². The highest BCUT2D eigenvalue weighted by Gasteiger charge is 2.17. The summed E-state index contributed by atoms with van der Waals surface area (Å²) in [7, 11) is 0. The smallest absolute Gasteiger partial charge is 0.234 e. The summed E-state index contributed by atoms with van der Waals surface area (Å²) < 4.78 is 0. The number of carbonyl (C=O) groups excluding carboxylic acids is 1. The Labute approximate surface area is 128 Å². The topological polar surface area (TPSA) is 58.4 Å². The number of nitrogens with zero attached hydrogens (tertiary/aromatic N) is 1. The Hall–Kier alpha value is -1.55. The van der Waals surface area contributed by atoms with Crippen molar-refractivity contribution >= 4 is 11.6 Å². The summed E-state index contributed by atoms with van der Waals surface area (Å²) in [4.78, 5) is 14.3. The van der Waals surface area contributed by atoms with Gasteiger partial charge in [0.15, 0.2) is 0 Å². The van der Waals surface area contributed by atoms with E-state index in [9.17, 15) is 4.79 Å². The number of hydrogen-bond acceptors (Lipinski definition) is 3. The van der Waals surface area contributed by atoms with Crippen LogP contribution in [0.5, 0.6) is 0 Å². The summed E-state index contributed by atoms with van der Waals surface area (Å²) in [6.07, 6.45) is 0. The normalized spacial score (nSPS) is 13.0. The highest BCUT2D eigenvalue weighted by Crippen LogP contribution is 2.15. The maximum absolute atomic E-state index is 12.2. The average molecular weight is 291 g/mol. The number of nitrogens with one attached hydrogen (secondary N) is 1. The zero-order chi connectivity index (χ0) is 16.0. The van der Waals surface area contributed by atoms with Crippen LogP contribution in [-0.2, 0) is 11.3 Å². The summed E-state index contributed by atoms with van der Waals surface area (Å²) >= 11 is 0. The van der Waals surface area contributed by atoms with Crippen LogP contribution < -0.4 is 11.1 Å². The first-order valence-corrected chi connectivity index (χ1v) is 7.68. The van der Waals surface area contributed by atoms with E-state index >= 15 is 0 Å². The molecule has 0 saturated heterocycles. The number of anilines is 1. The zero-order valence-corrected chi connectivity index (χ0v) is 13.9. The fourth-order valence-electron chi connectivity index (χ4n) is 1.97. The Morgan fingerprint density at radius 3 is 2.33 bits per heavy atom. The molecule has 4 nitrogen and oxygen atoms in total. The van der Waals surface area contributed by atoms with Crippen molar-refractivity contribution in [2.24, 2.45) is 5.92 Å². The number of nitrogen functional groups attached to an aromatic ring is 1. The molecule has 4 heteroatoms. The number of nitrogens with two attached hydrogens (primary N) is 1. The van der Waals surface area contributed by atoms with Crippen LogP contribution in [0.25, 0.3) is 0 Å². The van der Waals surface area contributed by atoms with Crippen molar-refractivity contribution < 1.29 is 4.79 Å². The first-order valence-electron chi connectivity index (χ1n) is 7.68. The van der Waals surface area contributed by atoms with Gasteiger partial charge in [-0.3, -0.25) is 9.69 Å². The molecule has 1 aromatic rings. The SMILES string of the molecule is CC(C)C(C)NC(=O)CN(Cc1ccccc1N)C(C)C. The summed E-state index contributed by atoms with van der Waals surface area (Å²) in [6.45, 7) is 11.5. The van der Waals surface area contributed by atoms with Crippen molar-refractivity contribution in [1.82, 2.24) is 10.2 Å². The van der Waals surface area contributed by atoms with E-state index in [1.54, 1.807) is 0 Å². The van der Waals surface area contributed by atoms with Gasteiger partial charge in [0.05, 0.1) is 6.54 Å². The van der Waals surface area contributed by atoms with Crippen molar-refractivity contribution in [2.75, 3.05) is 12.3 Å². The Morgan fingerprint density at radius 1 is 1.19 bits per heavy atom. The lowest BCUT2D eigenvalue weighted by atomic mass is 10.1. The fraction of sp³-hybridized carbons (Fsp3) is 0.588. The van der Waals surface area contributed by atoms with Crippen LogP contribution in [0.1, 0.15) is 40.2 Å². The largest absolute Gasteiger partial charge is 0.398 e. The molecular weight excluding hydrogens is 262 g/mol. The molecule has 3 N–H and O–H groups in total. The molecule has 0 saturated carbocycles. The molecule has 1 aromatic carbocycles. The fourth-order valence-corrected chi connectivity index (χ4v) is 1.97. The van der Waals surface area contributed by atoms with Crippen LogP contribution in [0.2, 0.25) is 0 Å². The predicted molar refractivity (Wildman–Crippen MR) is 88.8 cm³/mol. The third kappa shape index (κ3) is 5.76. The summed E-state index contributed by atoms with van der Waals surface area (Å²) in [5.74, 6) is 0.505. The predicted octanol–water partition coefficient (Wildman–Crippen LogP) is 2.64. The zero-order valence-electron chi connectivity index (χ0n) is 13.9. The lowest BCUT2D eigenvalue weighted by Gasteiger charge is -2.27. The quantitative estimate of drug-likeness (QED) is 0.759. The van der Waals surface area contributed by atoms with Crippen molar-refractivity contribution in [3.63, 3.8) is 0 Å². The second kappa shape index (κ2) is 8.03. The molecule has 21 heavy (non-hydrogen) atoms. The van der Waals surface area contributed by atoms with E-state index in [1.807, 2.05) is 31.2 Å². The second-order valence-corrected chi connectivity index (χ2v) is 6.30. The molecule has 118 valence electrons.